The van der Waals surface area contributed by atoms with E-state index in [1.807, 2.05) is 30.3 Å². The molecule has 0 aliphatic rings. The predicted molar refractivity (Wildman–Crippen MR) is 81.8 cm³/mol. The van der Waals surface area contributed by atoms with Crippen LogP contribution in [0.4, 0.5) is 0 Å². The number of carbonyl (C=O) groups excluding carboxylic acids is 2. The van der Waals surface area contributed by atoms with E-state index in [-0.39, 0.29) is 0 Å². The first kappa shape index (κ1) is 14.5. The van der Waals surface area contributed by atoms with Crippen LogP contribution in [0.1, 0.15) is 21.5 Å². The average Bonchev–Trinajstić information content (AvgIpc) is 2.46. The summed E-state index contributed by atoms with van der Waals surface area (Å²) in [7, 11) is 0. The van der Waals surface area contributed by atoms with Crippen molar-refractivity contribution in [2.75, 3.05) is 0 Å². The topological polar surface area (TPSA) is 34.1 Å². The molecule has 0 unspecified atom stereocenters. The van der Waals surface area contributed by atoms with Crippen LogP contribution in [0.2, 0.25) is 0 Å². The molecular weight excluding hydrogens is 295 g/mol. The fraction of sp³-hybridized carbons (Fsp3) is 0. The van der Waals surface area contributed by atoms with E-state index in [2.05, 4.69) is 0 Å². The molecule has 2 nitrogen and oxygen atoms in total. The highest BCUT2D eigenvalue weighted by atomic mass is 35.5. The molecule has 0 amide bonds. The van der Waals surface area contributed by atoms with Crippen molar-refractivity contribution in [3.63, 3.8) is 0 Å². The average molecular weight is 305 g/mol. The standard InChI is InChI=1S/C16H10Cl2O2/c17-15(19)13-8-6-11(7-9-13)10-14(16(18)20)12-4-2-1-3-5-12/h1-10H/b14-10-. The molecule has 0 radical (unpaired) electrons. The fourth-order valence-electron chi connectivity index (χ4n) is 1.75. The highest BCUT2D eigenvalue weighted by molar-refractivity contribution is 6.75. The zero-order valence-electron chi connectivity index (χ0n) is 10.3. The van der Waals surface area contributed by atoms with Gasteiger partial charge in [0.05, 0.1) is 0 Å². The molecule has 0 aliphatic carbocycles. The second-order valence-electron chi connectivity index (χ2n) is 4.09. The molecule has 0 heterocycles. The van der Waals surface area contributed by atoms with Gasteiger partial charge in [-0.1, -0.05) is 42.5 Å². The first-order valence-electron chi connectivity index (χ1n) is 5.85. The van der Waals surface area contributed by atoms with Crippen molar-refractivity contribution in [2.45, 2.75) is 0 Å². The van der Waals surface area contributed by atoms with Gasteiger partial charge in [0, 0.05) is 11.1 Å². The number of hydrogen-bond acceptors (Lipinski definition) is 2. The van der Waals surface area contributed by atoms with Crippen LogP contribution in [-0.4, -0.2) is 10.5 Å². The highest BCUT2D eigenvalue weighted by Gasteiger charge is 2.09. The zero-order chi connectivity index (χ0) is 14.5. The van der Waals surface area contributed by atoms with Gasteiger partial charge < -0.3 is 0 Å². The Morgan fingerprint density at radius 1 is 0.800 bits per heavy atom. The van der Waals surface area contributed by atoms with Gasteiger partial charge in [-0.05, 0) is 52.5 Å². The third-order valence-electron chi connectivity index (χ3n) is 2.75. The lowest BCUT2D eigenvalue weighted by molar-refractivity contribution is -0.106. The molecule has 0 spiro atoms. The van der Waals surface area contributed by atoms with Gasteiger partial charge in [0.25, 0.3) is 10.5 Å². The van der Waals surface area contributed by atoms with Crippen molar-refractivity contribution >= 4 is 45.3 Å². The minimum Gasteiger partial charge on any atom is -0.276 e. The molecule has 0 saturated heterocycles. The molecular formula is C16H10Cl2O2. The summed E-state index contributed by atoms with van der Waals surface area (Å²) in [6, 6.07) is 15.8. The van der Waals surface area contributed by atoms with E-state index in [9.17, 15) is 9.59 Å². The molecule has 100 valence electrons. The van der Waals surface area contributed by atoms with E-state index < -0.39 is 10.5 Å². The Labute approximate surface area is 126 Å². The Morgan fingerprint density at radius 3 is 1.90 bits per heavy atom. The molecule has 0 bridgehead atoms. The highest BCUT2D eigenvalue weighted by Crippen LogP contribution is 2.21. The maximum atomic E-state index is 11.5. The summed E-state index contributed by atoms with van der Waals surface area (Å²) in [5.74, 6) is 0. The lowest BCUT2D eigenvalue weighted by atomic mass is 10.0. The van der Waals surface area contributed by atoms with E-state index in [0.717, 1.165) is 11.1 Å². The van der Waals surface area contributed by atoms with E-state index in [1.165, 1.54) is 0 Å². The van der Waals surface area contributed by atoms with Crippen molar-refractivity contribution in [1.82, 2.24) is 0 Å². The van der Waals surface area contributed by atoms with Crippen LogP contribution in [0.3, 0.4) is 0 Å². The summed E-state index contributed by atoms with van der Waals surface area (Å²) in [4.78, 5) is 22.5. The predicted octanol–water partition coefficient (Wildman–Crippen LogP) is 4.37. The van der Waals surface area contributed by atoms with Crippen LogP contribution in [0, 0.1) is 0 Å². The van der Waals surface area contributed by atoms with Crippen molar-refractivity contribution in [3.8, 4) is 0 Å². The van der Waals surface area contributed by atoms with Gasteiger partial charge in [-0.15, -0.1) is 0 Å². The summed E-state index contributed by atoms with van der Waals surface area (Å²) in [6.45, 7) is 0. The Morgan fingerprint density at radius 2 is 1.40 bits per heavy atom. The molecule has 0 aromatic heterocycles. The van der Waals surface area contributed by atoms with Gasteiger partial charge in [-0.3, -0.25) is 9.59 Å². The Kier molecular flexibility index (Phi) is 4.72. The van der Waals surface area contributed by atoms with Gasteiger partial charge in [0.2, 0.25) is 0 Å². The molecule has 20 heavy (non-hydrogen) atoms. The van der Waals surface area contributed by atoms with Crippen LogP contribution in [0.15, 0.2) is 54.6 Å². The van der Waals surface area contributed by atoms with Gasteiger partial charge in [-0.25, -0.2) is 0 Å². The monoisotopic (exact) mass is 304 g/mol. The van der Waals surface area contributed by atoms with Crippen LogP contribution < -0.4 is 0 Å². The van der Waals surface area contributed by atoms with Gasteiger partial charge in [0.1, 0.15) is 0 Å². The third-order valence-corrected chi connectivity index (χ3v) is 3.17. The summed E-state index contributed by atoms with van der Waals surface area (Å²) in [5, 5.41) is -1.05. The van der Waals surface area contributed by atoms with Gasteiger partial charge in [-0.2, -0.15) is 0 Å². The number of allylic oxidation sites excluding steroid dienone is 1. The van der Waals surface area contributed by atoms with E-state index >= 15 is 0 Å². The SMILES string of the molecule is O=C(Cl)/C(=C\c1ccc(C(=O)Cl)cc1)c1ccccc1. The number of halogens is 2. The van der Waals surface area contributed by atoms with Crippen LogP contribution >= 0.6 is 23.2 Å². The number of benzene rings is 2. The molecule has 0 N–H and O–H groups in total. The molecule has 0 aliphatic heterocycles. The van der Waals surface area contributed by atoms with Crippen LogP contribution in [0.5, 0.6) is 0 Å². The largest absolute Gasteiger partial charge is 0.276 e. The number of hydrogen-bond donors (Lipinski definition) is 0. The van der Waals surface area contributed by atoms with Crippen molar-refractivity contribution in [1.29, 1.82) is 0 Å². The smallest absolute Gasteiger partial charge is 0.253 e. The van der Waals surface area contributed by atoms with Crippen LogP contribution in [0.25, 0.3) is 11.6 Å². The fourth-order valence-corrected chi connectivity index (χ4v) is 2.04. The molecule has 2 rings (SSSR count). The quantitative estimate of drug-likeness (QED) is 0.477. The molecule has 2 aromatic rings. The van der Waals surface area contributed by atoms with E-state index in [1.54, 1.807) is 30.3 Å². The number of rotatable bonds is 4. The minimum absolute atomic E-state index is 0.400. The van der Waals surface area contributed by atoms with E-state index in [4.69, 9.17) is 23.2 Å². The Bertz CT molecular complexity index is 659. The van der Waals surface area contributed by atoms with E-state index in [0.29, 0.717) is 11.1 Å². The van der Waals surface area contributed by atoms with Gasteiger partial charge >= 0.3 is 0 Å². The lowest BCUT2D eigenvalue weighted by Gasteiger charge is -2.03. The van der Waals surface area contributed by atoms with Crippen molar-refractivity contribution in [2.24, 2.45) is 0 Å². The van der Waals surface area contributed by atoms with Gasteiger partial charge in [0.15, 0.2) is 0 Å². The molecule has 2 aromatic carbocycles. The normalized spacial score (nSPS) is 11.2. The van der Waals surface area contributed by atoms with Crippen LogP contribution in [-0.2, 0) is 4.79 Å². The number of carbonyl (C=O) groups is 2. The summed E-state index contributed by atoms with van der Waals surface area (Å²) in [5.41, 5.74) is 2.31. The third kappa shape index (κ3) is 3.56. The summed E-state index contributed by atoms with van der Waals surface area (Å²) >= 11 is 11.0. The second kappa shape index (κ2) is 6.51. The summed E-state index contributed by atoms with van der Waals surface area (Å²) in [6.07, 6.45) is 1.67. The zero-order valence-corrected chi connectivity index (χ0v) is 11.9. The molecule has 4 heteroatoms. The molecule has 0 fully saturated rings. The van der Waals surface area contributed by atoms with Crippen molar-refractivity contribution < 1.29 is 9.59 Å². The first-order valence-corrected chi connectivity index (χ1v) is 6.60. The Hall–Kier alpha value is -1.90. The Balaban J connectivity index is 2.39. The maximum absolute atomic E-state index is 11.5. The second-order valence-corrected chi connectivity index (χ2v) is 4.78. The maximum Gasteiger partial charge on any atom is 0.253 e. The summed E-state index contributed by atoms with van der Waals surface area (Å²) < 4.78 is 0. The minimum atomic E-state index is -0.534. The molecule has 0 saturated carbocycles. The first-order chi connectivity index (χ1) is 9.58. The lowest BCUT2D eigenvalue weighted by Crippen LogP contribution is -1.93. The molecule has 0 atom stereocenters. The van der Waals surface area contributed by atoms with Crippen molar-refractivity contribution in [3.05, 3.63) is 71.3 Å².